The summed E-state index contributed by atoms with van der Waals surface area (Å²) in [4.78, 5) is 0. The van der Waals surface area contributed by atoms with E-state index in [4.69, 9.17) is 10.2 Å². The highest BCUT2D eigenvalue weighted by molar-refractivity contribution is 5.30. The summed E-state index contributed by atoms with van der Waals surface area (Å²) in [7, 11) is 0. The molecule has 0 atom stereocenters. The van der Waals surface area contributed by atoms with Crippen molar-refractivity contribution in [3.63, 3.8) is 0 Å². The molecule has 5 heteroatoms. The second-order valence-corrected chi connectivity index (χ2v) is 2.53. The van der Waals surface area contributed by atoms with E-state index in [2.05, 4.69) is 0 Å². The molecular formula is C8H7F3O2. The van der Waals surface area contributed by atoms with E-state index in [-0.39, 0.29) is 0 Å². The lowest BCUT2D eigenvalue weighted by atomic mass is 10.1. The highest BCUT2D eigenvalue weighted by Gasteiger charge is 2.33. The Morgan fingerprint density at radius 1 is 1.31 bits per heavy atom. The molecule has 0 aromatic heterocycles. The summed E-state index contributed by atoms with van der Waals surface area (Å²) in [5.74, 6) is -5.29. The normalized spacial score (nSPS) is 11.7. The van der Waals surface area contributed by atoms with Crippen LogP contribution < -0.4 is 0 Å². The summed E-state index contributed by atoms with van der Waals surface area (Å²) < 4.78 is 38.2. The van der Waals surface area contributed by atoms with Gasteiger partial charge in [0, 0.05) is 6.07 Å². The van der Waals surface area contributed by atoms with Gasteiger partial charge < -0.3 is 10.2 Å². The molecule has 0 heterocycles. The van der Waals surface area contributed by atoms with Crippen molar-refractivity contribution in [3.8, 4) is 5.75 Å². The van der Waals surface area contributed by atoms with Crippen molar-refractivity contribution in [1.82, 2.24) is 0 Å². The van der Waals surface area contributed by atoms with Crippen molar-refractivity contribution in [2.75, 3.05) is 6.61 Å². The summed E-state index contributed by atoms with van der Waals surface area (Å²) >= 11 is 0. The predicted octanol–water partition coefficient (Wildman–Crippen LogP) is 1.62. The number of benzene rings is 1. The molecule has 2 nitrogen and oxygen atoms in total. The van der Waals surface area contributed by atoms with Gasteiger partial charge in [-0.2, -0.15) is 8.78 Å². The molecule has 0 radical (unpaired) electrons. The lowest BCUT2D eigenvalue weighted by molar-refractivity contribution is -0.0583. The predicted molar refractivity (Wildman–Crippen MR) is 39.0 cm³/mol. The molecule has 0 aliphatic rings. The molecule has 0 saturated carbocycles. The first-order chi connectivity index (χ1) is 5.97. The summed E-state index contributed by atoms with van der Waals surface area (Å²) in [6, 6.07) is 2.24. The van der Waals surface area contributed by atoms with Gasteiger partial charge in [0.1, 0.15) is 18.2 Å². The highest BCUT2D eigenvalue weighted by atomic mass is 19.3. The smallest absolute Gasteiger partial charge is 0.298 e. The van der Waals surface area contributed by atoms with E-state index in [1.807, 2.05) is 0 Å². The average Bonchev–Trinajstić information content (AvgIpc) is 2.03. The number of alkyl halides is 2. The number of phenolic OH excluding ortho intramolecular Hbond substituents is 1. The number of rotatable bonds is 2. The number of aromatic hydroxyl groups is 1. The van der Waals surface area contributed by atoms with Crippen molar-refractivity contribution >= 4 is 0 Å². The van der Waals surface area contributed by atoms with Crippen LogP contribution in [-0.4, -0.2) is 16.8 Å². The molecule has 0 bridgehead atoms. The minimum Gasteiger partial charge on any atom is -0.508 e. The molecule has 1 aromatic carbocycles. The van der Waals surface area contributed by atoms with E-state index in [0.717, 1.165) is 12.1 Å². The van der Waals surface area contributed by atoms with Crippen LogP contribution in [0.1, 0.15) is 5.56 Å². The summed E-state index contributed by atoms with van der Waals surface area (Å²) in [6.45, 7) is -1.46. The SMILES string of the molecule is OCC(F)(F)c1ccc(O)cc1F. The highest BCUT2D eigenvalue weighted by Crippen LogP contribution is 2.30. The van der Waals surface area contributed by atoms with Crippen molar-refractivity contribution in [2.24, 2.45) is 0 Å². The van der Waals surface area contributed by atoms with E-state index >= 15 is 0 Å². The quantitative estimate of drug-likeness (QED) is 0.747. The molecule has 1 aromatic rings. The third-order valence-corrected chi connectivity index (χ3v) is 1.55. The first-order valence-corrected chi connectivity index (χ1v) is 3.45. The number of halogens is 3. The van der Waals surface area contributed by atoms with Gasteiger partial charge in [0.15, 0.2) is 0 Å². The number of hydrogen-bond acceptors (Lipinski definition) is 2. The van der Waals surface area contributed by atoms with Gasteiger partial charge in [-0.1, -0.05) is 0 Å². The Morgan fingerprint density at radius 3 is 2.38 bits per heavy atom. The third-order valence-electron chi connectivity index (χ3n) is 1.55. The number of aliphatic hydroxyl groups excluding tert-OH is 1. The number of hydrogen-bond donors (Lipinski definition) is 2. The fourth-order valence-electron chi connectivity index (χ4n) is 0.886. The second-order valence-electron chi connectivity index (χ2n) is 2.53. The van der Waals surface area contributed by atoms with E-state index < -0.39 is 29.7 Å². The molecule has 0 aliphatic carbocycles. The van der Waals surface area contributed by atoms with Crippen LogP contribution in [0.2, 0.25) is 0 Å². The van der Waals surface area contributed by atoms with E-state index in [1.165, 1.54) is 0 Å². The standard InChI is InChI=1S/C8H7F3O2/c9-7-3-5(13)1-2-6(7)8(10,11)4-12/h1-3,12-13H,4H2. The molecule has 0 aliphatic heterocycles. The Morgan fingerprint density at radius 2 is 1.92 bits per heavy atom. The third kappa shape index (κ3) is 1.92. The van der Waals surface area contributed by atoms with Gasteiger partial charge in [0.2, 0.25) is 0 Å². The van der Waals surface area contributed by atoms with Crippen molar-refractivity contribution in [2.45, 2.75) is 5.92 Å². The Kier molecular flexibility index (Phi) is 2.47. The zero-order valence-electron chi connectivity index (χ0n) is 6.47. The van der Waals surface area contributed by atoms with Crippen LogP contribution in [0.25, 0.3) is 0 Å². The summed E-state index contributed by atoms with van der Waals surface area (Å²) in [5, 5.41) is 17.0. The van der Waals surface area contributed by atoms with Crippen LogP contribution >= 0.6 is 0 Å². The van der Waals surface area contributed by atoms with Gasteiger partial charge in [0.05, 0.1) is 5.56 Å². The van der Waals surface area contributed by atoms with E-state index in [0.29, 0.717) is 6.07 Å². The van der Waals surface area contributed by atoms with Gasteiger partial charge in [-0.05, 0) is 12.1 Å². The Hall–Kier alpha value is -1.23. The second kappa shape index (κ2) is 3.26. The average molecular weight is 192 g/mol. The fraction of sp³-hybridized carbons (Fsp3) is 0.250. The number of phenols is 1. The summed E-state index contributed by atoms with van der Waals surface area (Å²) in [5.41, 5.74) is -0.923. The molecule has 0 saturated heterocycles. The van der Waals surface area contributed by atoms with E-state index in [1.54, 1.807) is 0 Å². The number of aliphatic hydroxyl groups is 1. The molecule has 0 amide bonds. The maximum absolute atomic E-state index is 12.8. The first-order valence-electron chi connectivity index (χ1n) is 3.45. The lowest BCUT2D eigenvalue weighted by Crippen LogP contribution is -2.19. The monoisotopic (exact) mass is 192 g/mol. The largest absolute Gasteiger partial charge is 0.508 e. The van der Waals surface area contributed by atoms with Crippen LogP contribution in [0.3, 0.4) is 0 Å². The van der Waals surface area contributed by atoms with Gasteiger partial charge >= 0.3 is 0 Å². The first kappa shape index (κ1) is 9.85. The van der Waals surface area contributed by atoms with Crippen molar-refractivity contribution < 1.29 is 23.4 Å². The van der Waals surface area contributed by atoms with Gasteiger partial charge in [-0.3, -0.25) is 0 Å². The minimum absolute atomic E-state index is 0.435. The fourth-order valence-corrected chi connectivity index (χ4v) is 0.886. The van der Waals surface area contributed by atoms with Crippen LogP contribution in [0.5, 0.6) is 5.75 Å². The van der Waals surface area contributed by atoms with Crippen LogP contribution in [0.15, 0.2) is 18.2 Å². The van der Waals surface area contributed by atoms with Crippen LogP contribution in [-0.2, 0) is 5.92 Å². The molecule has 0 fully saturated rings. The lowest BCUT2D eigenvalue weighted by Gasteiger charge is -2.13. The summed E-state index contributed by atoms with van der Waals surface area (Å²) in [6.07, 6.45) is 0. The minimum atomic E-state index is -3.61. The van der Waals surface area contributed by atoms with Gasteiger partial charge in [-0.25, -0.2) is 4.39 Å². The molecule has 2 N–H and O–H groups in total. The van der Waals surface area contributed by atoms with Gasteiger partial charge in [-0.15, -0.1) is 0 Å². The van der Waals surface area contributed by atoms with Crippen molar-refractivity contribution in [1.29, 1.82) is 0 Å². The molecule has 1 rings (SSSR count). The van der Waals surface area contributed by atoms with Crippen molar-refractivity contribution in [3.05, 3.63) is 29.6 Å². The Labute approximate surface area is 72.2 Å². The topological polar surface area (TPSA) is 40.5 Å². The Bertz CT molecular complexity index is 312. The maximum atomic E-state index is 12.8. The molecule has 13 heavy (non-hydrogen) atoms. The molecule has 0 unspecified atom stereocenters. The van der Waals surface area contributed by atoms with Crippen LogP contribution in [0.4, 0.5) is 13.2 Å². The molecular weight excluding hydrogens is 185 g/mol. The maximum Gasteiger partial charge on any atom is 0.298 e. The molecule has 0 spiro atoms. The zero-order valence-corrected chi connectivity index (χ0v) is 6.47. The van der Waals surface area contributed by atoms with Gasteiger partial charge in [0.25, 0.3) is 5.92 Å². The Balaban J connectivity index is 3.16. The zero-order chi connectivity index (χ0) is 10.1. The van der Waals surface area contributed by atoms with E-state index in [9.17, 15) is 13.2 Å². The van der Waals surface area contributed by atoms with Crippen LogP contribution in [0, 0.1) is 5.82 Å². The molecule has 72 valence electrons.